The van der Waals surface area contributed by atoms with Crippen LogP contribution in [0.1, 0.15) is 33.1 Å². The van der Waals surface area contributed by atoms with Gasteiger partial charge in [-0.05, 0) is 48.8 Å². The fourth-order valence-corrected chi connectivity index (χ4v) is 3.91. The minimum Gasteiger partial charge on any atom is -0.492 e. The van der Waals surface area contributed by atoms with E-state index in [1.165, 1.54) is 24.0 Å². The maximum atomic E-state index is 6.51. The maximum Gasteiger partial charge on any atom is 0.116 e. The highest BCUT2D eigenvalue weighted by Crippen LogP contribution is 2.43. The number of ether oxygens (including phenoxy) is 1. The van der Waals surface area contributed by atoms with Crippen LogP contribution in [-0.2, 0) is 4.74 Å². The summed E-state index contributed by atoms with van der Waals surface area (Å²) in [5, 5.41) is 2.54. The molecule has 3 nitrogen and oxygen atoms in total. The number of hydrazine groups is 1. The predicted molar refractivity (Wildman–Crippen MR) is 99.8 cm³/mol. The van der Waals surface area contributed by atoms with E-state index in [1.54, 1.807) is 5.01 Å². The lowest BCUT2D eigenvalue weighted by molar-refractivity contribution is 0.233. The first-order valence-electron chi connectivity index (χ1n) is 8.75. The van der Waals surface area contributed by atoms with Crippen molar-refractivity contribution in [3.63, 3.8) is 0 Å². The maximum absolute atomic E-state index is 6.51. The summed E-state index contributed by atoms with van der Waals surface area (Å²) in [5.41, 5.74) is 3.74. The number of hydrogen-bond acceptors (Lipinski definition) is 3. The first-order chi connectivity index (χ1) is 11.5. The third kappa shape index (κ3) is 3.79. The van der Waals surface area contributed by atoms with Crippen LogP contribution >= 0.6 is 11.6 Å². The van der Waals surface area contributed by atoms with E-state index in [1.807, 2.05) is 18.4 Å². The van der Waals surface area contributed by atoms with E-state index in [2.05, 4.69) is 26.5 Å². The van der Waals surface area contributed by atoms with Gasteiger partial charge in [0.05, 0.1) is 6.20 Å². The Labute approximate surface area is 150 Å². The third-order valence-electron chi connectivity index (χ3n) is 5.25. The van der Waals surface area contributed by atoms with Gasteiger partial charge in [0.25, 0.3) is 0 Å². The molecule has 2 N–H and O–H groups in total. The minimum atomic E-state index is 0.146. The van der Waals surface area contributed by atoms with Crippen molar-refractivity contribution >= 4 is 11.6 Å². The molecule has 1 saturated carbocycles. The Balaban J connectivity index is 1.79. The van der Waals surface area contributed by atoms with Gasteiger partial charge in [-0.15, -0.1) is 0 Å². The number of nitrogens with zero attached hydrogens (tertiary/aromatic N) is 1. The molecule has 1 heterocycles. The Morgan fingerprint density at radius 2 is 2.21 bits per heavy atom. The fourth-order valence-electron chi connectivity index (χ4n) is 3.51. The summed E-state index contributed by atoms with van der Waals surface area (Å²) in [6, 6.07) is 0. The van der Waals surface area contributed by atoms with Crippen LogP contribution < -0.4 is 5.84 Å². The number of nitrogens with two attached hydrogens (primary N) is 1. The van der Waals surface area contributed by atoms with Gasteiger partial charge in [0.15, 0.2) is 0 Å². The first kappa shape index (κ1) is 17.4. The fraction of sp³-hybridized carbons (Fsp3) is 0.500. The van der Waals surface area contributed by atoms with Crippen molar-refractivity contribution in [3.05, 3.63) is 58.5 Å². The lowest BCUT2D eigenvalue weighted by Gasteiger charge is -2.28. The van der Waals surface area contributed by atoms with E-state index < -0.39 is 0 Å². The van der Waals surface area contributed by atoms with Gasteiger partial charge in [-0.1, -0.05) is 42.8 Å². The molecule has 0 amide bonds. The molecule has 0 saturated heterocycles. The lowest BCUT2D eigenvalue weighted by atomic mass is 9.80. The summed E-state index contributed by atoms with van der Waals surface area (Å²) in [4.78, 5) is 0. The van der Waals surface area contributed by atoms with E-state index >= 15 is 0 Å². The van der Waals surface area contributed by atoms with Crippen LogP contribution in [0.3, 0.4) is 0 Å². The lowest BCUT2D eigenvalue weighted by Crippen LogP contribution is -2.21. The molecule has 24 heavy (non-hydrogen) atoms. The Morgan fingerprint density at radius 1 is 1.46 bits per heavy atom. The van der Waals surface area contributed by atoms with E-state index in [4.69, 9.17) is 22.2 Å². The number of allylic oxidation sites excluding steroid dienone is 5. The van der Waals surface area contributed by atoms with E-state index in [0.717, 1.165) is 29.3 Å². The Bertz CT molecular complexity index is 640. The zero-order chi connectivity index (χ0) is 17.3. The smallest absolute Gasteiger partial charge is 0.116 e. The van der Waals surface area contributed by atoms with Gasteiger partial charge >= 0.3 is 0 Å². The van der Waals surface area contributed by atoms with Crippen LogP contribution in [0.5, 0.6) is 0 Å². The zero-order valence-electron chi connectivity index (χ0n) is 14.6. The van der Waals surface area contributed by atoms with Crippen molar-refractivity contribution < 1.29 is 4.74 Å². The Kier molecular flexibility index (Phi) is 5.21. The first-order valence-corrected chi connectivity index (χ1v) is 9.12. The number of halogens is 1. The molecule has 2 unspecified atom stereocenters. The van der Waals surface area contributed by atoms with Gasteiger partial charge in [-0.3, -0.25) is 0 Å². The predicted octanol–water partition coefficient (Wildman–Crippen LogP) is 4.65. The molecule has 3 rings (SSSR count). The summed E-state index contributed by atoms with van der Waals surface area (Å²) in [7, 11) is 0. The topological polar surface area (TPSA) is 38.5 Å². The van der Waals surface area contributed by atoms with Gasteiger partial charge < -0.3 is 9.75 Å². The molecule has 0 aromatic carbocycles. The highest BCUT2D eigenvalue weighted by Gasteiger charge is 2.31. The van der Waals surface area contributed by atoms with Crippen LogP contribution in [0.15, 0.2) is 58.5 Å². The zero-order valence-corrected chi connectivity index (χ0v) is 15.4. The number of hydrogen-bond donors (Lipinski definition) is 1. The van der Waals surface area contributed by atoms with Gasteiger partial charge in [-0.2, -0.15) is 0 Å². The van der Waals surface area contributed by atoms with E-state index in [9.17, 15) is 0 Å². The monoisotopic (exact) mass is 346 g/mol. The van der Waals surface area contributed by atoms with Gasteiger partial charge in [-0.25, -0.2) is 5.84 Å². The van der Waals surface area contributed by atoms with Crippen LogP contribution in [0, 0.1) is 17.8 Å². The highest BCUT2D eigenvalue weighted by molar-refractivity contribution is 6.30. The van der Waals surface area contributed by atoms with Crippen molar-refractivity contribution in [2.24, 2.45) is 23.6 Å². The average Bonchev–Trinajstić information content (AvgIpc) is 3.30. The van der Waals surface area contributed by atoms with Gasteiger partial charge in [0.2, 0.25) is 0 Å². The molecule has 0 spiro atoms. The summed E-state index contributed by atoms with van der Waals surface area (Å²) in [5.74, 6) is 7.90. The highest BCUT2D eigenvalue weighted by atomic mass is 35.5. The summed E-state index contributed by atoms with van der Waals surface area (Å²) < 4.78 is 6.06. The Hall–Kier alpha value is -1.45. The van der Waals surface area contributed by atoms with E-state index in [0.29, 0.717) is 18.4 Å². The minimum absolute atomic E-state index is 0.146. The second-order valence-electron chi connectivity index (χ2n) is 7.11. The van der Waals surface area contributed by atoms with Crippen molar-refractivity contribution in [1.82, 2.24) is 5.01 Å². The molecular weight excluding hydrogens is 320 g/mol. The van der Waals surface area contributed by atoms with Gasteiger partial charge in [0, 0.05) is 23.9 Å². The third-order valence-corrected chi connectivity index (χ3v) is 5.61. The molecule has 0 aromatic heterocycles. The quantitative estimate of drug-likeness (QED) is 0.562. The molecule has 3 aliphatic rings. The summed E-state index contributed by atoms with van der Waals surface area (Å²) >= 11 is 6.51. The van der Waals surface area contributed by atoms with Crippen LogP contribution in [0.4, 0.5) is 0 Å². The molecule has 2 atom stereocenters. The molecule has 1 aliphatic heterocycles. The molecule has 1 fully saturated rings. The standard InChI is InChI=1S/C20H27ClN2O/c1-13-5-4-6-19(21)20(13)15(3)18(14(2)16-7-8-16)12-24-17-9-10-23(22)11-17/h4-6,11,13,16,20H,3,7-10,12,22H2,1-2H3/b18-14+. The SMILES string of the molecule is C=C(/C(COC1=CN(N)CC1)=C(\C)C1CC1)C1C(Cl)=CC=CC1C. The van der Waals surface area contributed by atoms with Crippen LogP contribution in [-0.4, -0.2) is 18.2 Å². The molecule has 2 aliphatic carbocycles. The molecule has 0 aromatic rings. The normalized spacial score (nSPS) is 27.6. The molecule has 130 valence electrons. The molecule has 4 heteroatoms. The summed E-state index contributed by atoms with van der Waals surface area (Å²) in [6.45, 7) is 10.2. The van der Waals surface area contributed by atoms with E-state index in [-0.39, 0.29) is 5.92 Å². The average molecular weight is 347 g/mol. The van der Waals surface area contributed by atoms with Crippen molar-refractivity contribution in [2.45, 2.75) is 33.1 Å². The largest absolute Gasteiger partial charge is 0.492 e. The Morgan fingerprint density at radius 3 is 2.79 bits per heavy atom. The van der Waals surface area contributed by atoms with Crippen molar-refractivity contribution in [1.29, 1.82) is 0 Å². The number of rotatable bonds is 6. The summed E-state index contributed by atoms with van der Waals surface area (Å²) in [6.07, 6.45) is 11.5. The van der Waals surface area contributed by atoms with Gasteiger partial charge in [0.1, 0.15) is 12.4 Å². The van der Waals surface area contributed by atoms with Crippen molar-refractivity contribution in [2.75, 3.05) is 13.2 Å². The van der Waals surface area contributed by atoms with Crippen molar-refractivity contribution in [3.8, 4) is 0 Å². The second kappa shape index (κ2) is 7.20. The molecule has 0 radical (unpaired) electrons. The molecule has 0 bridgehead atoms. The second-order valence-corrected chi connectivity index (χ2v) is 7.54. The van der Waals surface area contributed by atoms with Crippen LogP contribution in [0.2, 0.25) is 0 Å². The van der Waals surface area contributed by atoms with Crippen LogP contribution in [0.25, 0.3) is 0 Å². The molecular formula is C20H27ClN2O.